The van der Waals surface area contributed by atoms with Crippen molar-refractivity contribution in [2.24, 2.45) is 0 Å². The van der Waals surface area contributed by atoms with Crippen molar-refractivity contribution in [2.75, 3.05) is 6.26 Å². The molecule has 0 N–H and O–H groups in total. The Morgan fingerprint density at radius 3 is 2.31 bits per heavy atom. The smallest absolute Gasteiger partial charge is 0.306 e. The first-order valence-electron chi connectivity index (χ1n) is 4.43. The molecule has 2 rings (SSSR count). The van der Waals surface area contributed by atoms with Crippen LogP contribution in [0, 0.1) is 0 Å². The van der Waals surface area contributed by atoms with Crippen LogP contribution in [0.5, 0.6) is 5.75 Å². The van der Waals surface area contributed by atoms with E-state index >= 15 is 0 Å². The fraction of sp³-hybridized carbons (Fsp3) is 0.0909. The summed E-state index contributed by atoms with van der Waals surface area (Å²) in [4.78, 5) is 0. The van der Waals surface area contributed by atoms with Gasteiger partial charge in [0.1, 0.15) is 5.75 Å². The van der Waals surface area contributed by atoms with Crippen molar-refractivity contribution in [1.29, 1.82) is 0 Å². The van der Waals surface area contributed by atoms with E-state index in [4.69, 9.17) is 4.18 Å². The van der Waals surface area contributed by atoms with Crippen molar-refractivity contribution >= 4 is 50.4 Å². The van der Waals surface area contributed by atoms with Crippen LogP contribution < -0.4 is 4.18 Å². The zero-order valence-corrected chi connectivity index (χ0v) is 12.0. The first-order valence-corrected chi connectivity index (χ1v) is 6.25. The summed E-state index contributed by atoms with van der Waals surface area (Å²) in [5.41, 5.74) is 0. The minimum Gasteiger partial charge on any atom is -0.382 e. The summed E-state index contributed by atoms with van der Waals surface area (Å²) in [6.07, 6.45) is 1.04. The van der Waals surface area contributed by atoms with Gasteiger partial charge in [-0.3, -0.25) is 0 Å². The fourth-order valence-electron chi connectivity index (χ4n) is 1.43. The zero-order valence-electron chi connectivity index (χ0n) is 9.17. The predicted molar refractivity (Wildman–Crippen MR) is 65.2 cm³/mol. The summed E-state index contributed by atoms with van der Waals surface area (Å²) in [7, 11) is -3.47. The second-order valence-electron chi connectivity index (χ2n) is 3.26. The van der Waals surface area contributed by atoms with Crippen molar-refractivity contribution in [3.05, 3.63) is 42.5 Å². The van der Waals surface area contributed by atoms with Crippen LogP contribution in [0.4, 0.5) is 0 Å². The molecule has 0 spiro atoms. The van der Waals surface area contributed by atoms with Gasteiger partial charge >= 0.3 is 10.1 Å². The van der Waals surface area contributed by atoms with E-state index in [2.05, 4.69) is 0 Å². The summed E-state index contributed by atoms with van der Waals surface area (Å²) >= 11 is 0. The van der Waals surface area contributed by atoms with Crippen molar-refractivity contribution < 1.29 is 12.6 Å². The Hall–Kier alpha value is -0.550. The van der Waals surface area contributed by atoms with Crippen LogP contribution in [0.2, 0.25) is 0 Å². The number of fused-ring (bicyclic) bond motifs is 1. The SMILES string of the molecule is CS(=O)(=O)Oc1cccc2ccccc12.[Na]. The Morgan fingerprint density at radius 1 is 1.00 bits per heavy atom. The van der Waals surface area contributed by atoms with Gasteiger partial charge in [-0.05, 0) is 11.5 Å². The molecule has 2 aromatic carbocycles. The molecule has 1 radical (unpaired) electrons. The first-order chi connectivity index (χ1) is 7.06. The summed E-state index contributed by atoms with van der Waals surface area (Å²) in [5.74, 6) is 0.371. The van der Waals surface area contributed by atoms with E-state index in [0.29, 0.717) is 5.75 Å². The number of rotatable bonds is 2. The molecule has 0 bridgehead atoms. The van der Waals surface area contributed by atoms with E-state index in [-0.39, 0.29) is 29.6 Å². The number of benzene rings is 2. The van der Waals surface area contributed by atoms with Gasteiger partial charge in [0.25, 0.3) is 0 Å². The zero-order chi connectivity index (χ0) is 10.9. The molecule has 3 nitrogen and oxygen atoms in total. The van der Waals surface area contributed by atoms with E-state index in [0.717, 1.165) is 17.0 Å². The van der Waals surface area contributed by atoms with E-state index < -0.39 is 10.1 Å². The maximum absolute atomic E-state index is 11.0. The van der Waals surface area contributed by atoms with E-state index in [1.807, 2.05) is 30.3 Å². The summed E-state index contributed by atoms with van der Waals surface area (Å²) in [5, 5.41) is 1.75. The van der Waals surface area contributed by atoms with E-state index in [9.17, 15) is 8.42 Å². The Kier molecular flexibility index (Phi) is 4.38. The normalized spacial score (nSPS) is 10.8. The average molecular weight is 245 g/mol. The molecule has 0 fully saturated rings. The number of hydrogen-bond acceptors (Lipinski definition) is 3. The average Bonchev–Trinajstić information content (AvgIpc) is 2.16. The maximum atomic E-state index is 11.0. The van der Waals surface area contributed by atoms with Crippen LogP contribution in [-0.4, -0.2) is 44.2 Å². The molecular formula is C11H10NaO3S. The van der Waals surface area contributed by atoms with Crippen molar-refractivity contribution in [3.63, 3.8) is 0 Å². The number of hydrogen-bond donors (Lipinski definition) is 0. The summed E-state index contributed by atoms with van der Waals surface area (Å²) in [6.45, 7) is 0. The van der Waals surface area contributed by atoms with Gasteiger partial charge in [-0.1, -0.05) is 36.4 Å². The Morgan fingerprint density at radius 2 is 1.62 bits per heavy atom. The minimum atomic E-state index is -3.47. The molecule has 0 aliphatic rings. The molecule has 0 aromatic heterocycles. The van der Waals surface area contributed by atoms with Gasteiger partial charge in [0.05, 0.1) is 6.26 Å². The monoisotopic (exact) mass is 245 g/mol. The van der Waals surface area contributed by atoms with Crippen LogP contribution in [0.15, 0.2) is 42.5 Å². The van der Waals surface area contributed by atoms with Crippen LogP contribution >= 0.6 is 0 Å². The van der Waals surface area contributed by atoms with Crippen molar-refractivity contribution in [1.82, 2.24) is 0 Å². The molecule has 0 aliphatic heterocycles. The largest absolute Gasteiger partial charge is 0.382 e. The molecule has 0 atom stereocenters. The predicted octanol–water partition coefficient (Wildman–Crippen LogP) is 1.80. The van der Waals surface area contributed by atoms with E-state index in [1.165, 1.54) is 0 Å². The Balaban J connectivity index is 0.00000128. The van der Waals surface area contributed by atoms with Crippen molar-refractivity contribution in [2.45, 2.75) is 0 Å². The van der Waals surface area contributed by atoms with Crippen LogP contribution in [0.3, 0.4) is 0 Å². The quantitative estimate of drug-likeness (QED) is 0.598. The van der Waals surface area contributed by atoms with Gasteiger partial charge in [0.15, 0.2) is 0 Å². The molecule has 16 heavy (non-hydrogen) atoms. The third kappa shape index (κ3) is 3.22. The van der Waals surface area contributed by atoms with Crippen LogP contribution in [0.25, 0.3) is 10.8 Å². The van der Waals surface area contributed by atoms with Crippen LogP contribution in [0.1, 0.15) is 0 Å². The van der Waals surface area contributed by atoms with Gasteiger partial charge in [0, 0.05) is 34.9 Å². The molecule has 0 aliphatic carbocycles. The second-order valence-corrected chi connectivity index (χ2v) is 4.84. The van der Waals surface area contributed by atoms with Gasteiger partial charge in [-0.15, -0.1) is 0 Å². The molecule has 0 heterocycles. The third-order valence-electron chi connectivity index (χ3n) is 1.99. The Labute approximate surface area is 117 Å². The van der Waals surface area contributed by atoms with Gasteiger partial charge in [0.2, 0.25) is 0 Å². The minimum absolute atomic E-state index is 0. The molecule has 0 saturated carbocycles. The van der Waals surface area contributed by atoms with Gasteiger partial charge in [-0.25, -0.2) is 0 Å². The fourth-order valence-corrected chi connectivity index (χ4v) is 1.90. The molecule has 2 aromatic rings. The standard InChI is InChI=1S/C11H10O3S.Na/c1-15(12,13)14-11-8-4-6-9-5-2-3-7-10(9)11;/h2-8H,1H3;. The molecule has 79 valence electrons. The second kappa shape index (κ2) is 5.19. The topological polar surface area (TPSA) is 43.4 Å². The first kappa shape index (κ1) is 13.5. The molecule has 0 amide bonds. The van der Waals surface area contributed by atoms with Crippen molar-refractivity contribution in [3.8, 4) is 5.75 Å². The Bertz CT molecular complexity index is 588. The van der Waals surface area contributed by atoms with E-state index in [1.54, 1.807) is 12.1 Å². The maximum Gasteiger partial charge on any atom is 0.306 e. The summed E-state index contributed by atoms with van der Waals surface area (Å²) in [6, 6.07) is 12.8. The third-order valence-corrected chi connectivity index (χ3v) is 2.47. The molecule has 5 heteroatoms. The summed E-state index contributed by atoms with van der Waals surface area (Å²) < 4.78 is 26.9. The molecular weight excluding hydrogens is 235 g/mol. The van der Waals surface area contributed by atoms with Gasteiger partial charge in [-0.2, -0.15) is 8.42 Å². The van der Waals surface area contributed by atoms with Gasteiger partial charge < -0.3 is 4.18 Å². The molecule has 0 saturated heterocycles. The molecule has 0 unspecified atom stereocenters. The van der Waals surface area contributed by atoms with Crippen LogP contribution in [-0.2, 0) is 10.1 Å².